The minimum atomic E-state index is -1.18. The first-order chi connectivity index (χ1) is 9.31. The lowest BCUT2D eigenvalue weighted by Crippen LogP contribution is -2.33. The molecule has 0 aliphatic carbocycles. The molecule has 0 unspecified atom stereocenters. The Morgan fingerprint density at radius 1 is 1.30 bits per heavy atom. The molecule has 0 aliphatic rings. The maximum absolute atomic E-state index is 12.0. The first-order valence-electron chi connectivity index (χ1n) is 5.94. The van der Waals surface area contributed by atoms with E-state index in [0.717, 1.165) is 4.68 Å². The summed E-state index contributed by atoms with van der Waals surface area (Å²) in [6.07, 6.45) is 0. The Morgan fingerprint density at radius 2 is 1.95 bits per heavy atom. The molecule has 2 heterocycles. The Balaban J connectivity index is 2.48. The summed E-state index contributed by atoms with van der Waals surface area (Å²) in [6.45, 7) is 4.81. The van der Waals surface area contributed by atoms with E-state index >= 15 is 0 Å². The number of nitrogens with one attached hydrogen (secondary N) is 1. The van der Waals surface area contributed by atoms with E-state index < -0.39 is 5.97 Å². The highest BCUT2D eigenvalue weighted by Crippen LogP contribution is 2.15. The molecule has 0 bridgehead atoms. The van der Waals surface area contributed by atoms with Crippen LogP contribution in [0.25, 0.3) is 0 Å². The van der Waals surface area contributed by atoms with Gasteiger partial charge in [0, 0.05) is 16.7 Å². The van der Waals surface area contributed by atoms with Gasteiger partial charge in [-0.25, -0.2) is 9.48 Å². The molecular formula is C13H14N2O5. The Labute approximate surface area is 113 Å². The SMILES string of the molecule is Cc1oc(C(=O)O)cc1Cn1[nH]c(=O)c(C)c(C)c1=O. The lowest BCUT2D eigenvalue weighted by Gasteiger charge is -2.07. The Kier molecular flexibility index (Phi) is 3.35. The second kappa shape index (κ2) is 4.84. The van der Waals surface area contributed by atoms with Crippen LogP contribution in [0.15, 0.2) is 20.1 Å². The van der Waals surface area contributed by atoms with Gasteiger partial charge in [-0.05, 0) is 26.8 Å². The lowest BCUT2D eigenvalue weighted by atomic mass is 10.2. The zero-order chi connectivity index (χ0) is 15.0. The van der Waals surface area contributed by atoms with Crippen LogP contribution >= 0.6 is 0 Å². The summed E-state index contributed by atoms with van der Waals surface area (Å²) in [7, 11) is 0. The minimum absolute atomic E-state index is 0.0534. The monoisotopic (exact) mass is 278 g/mol. The number of aromatic carboxylic acids is 1. The number of aromatic amines is 1. The second-order valence-electron chi connectivity index (χ2n) is 4.58. The van der Waals surface area contributed by atoms with Crippen molar-refractivity contribution in [2.24, 2.45) is 0 Å². The van der Waals surface area contributed by atoms with Gasteiger partial charge in [-0.15, -0.1) is 0 Å². The van der Waals surface area contributed by atoms with Crippen molar-refractivity contribution in [3.8, 4) is 0 Å². The van der Waals surface area contributed by atoms with Crippen LogP contribution in [-0.2, 0) is 6.54 Å². The van der Waals surface area contributed by atoms with Crippen LogP contribution in [0.4, 0.5) is 0 Å². The fourth-order valence-electron chi connectivity index (χ4n) is 1.85. The average molecular weight is 278 g/mol. The third-order valence-electron chi connectivity index (χ3n) is 3.27. The molecule has 2 N–H and O–H groups in total. The summed E-state index contributed by atoms with van der Waals surface area (Å²) >= 11 is 0. The number of H-pyrrole nitrogens is 1. The van der Waals surface area contributed by atoms with Crippen LogP contribution in [0, 0.1) is 20.8 Å². The van der Waals surface area contributed by atoms with Crippen LogP contribution in [0.2, 0.25) is 0 Å². The quantitative estimate of drug-likeness (QED) is 0.864. The van der Waals surface area contributed by atoms with Crippen LogP contribution < -0.4 is 11.1 Å². The summed E-state index contributed by atoms with van der Waals surface area (Å²) < 4.78 is 6.21. The van der Waals surface area contributed by atoms with Crippen LogP contribution in [-0.4, -0.2) is 20.9 Å². The van der Waals surface area contributed by atoms with Crippen molar-refractivity contribution >= 4 is 5.97 Å². The number of carboxylic acid groups (broad SMARTS) is 1. The molecule has 7 heteroatoms. The molecule has 0 spiro atoms. The second-order valence-corrected chi connectivity index (χ2v) is 4.58. The number of hydrogen-bond acceptors (Lipinski definition) is 4. The molecule has 0 aromatic carbocycles. The predicted octanol–water partition coefficient (Wildman–Crippen LogP) is 0.801. The van der Waals surface area contributed by atoms with Gasteiger partial charge in [0.25, 0.3) is 11.1 Å². The lowest BCUT2D eigenvalue weighted by molar-refractivity contribution is 0.0661. The maximum Gasteiger partial charge on any atom is 0.371 e. The normalized spacial score (nSPS) is 10.8. The molecule has 106 valence electrons. The molecular weight excluding hydrogens is 264 g/mol. The zero-order valence-corrected chi connectivity index (χ0v) is 11.3. The van der Waals surface area contributed by atoms with E-state index in [1.165, 1.54) is 6.07 Å². The van der Waals surface area contributed by atoms with E-state index in [9.17, 15) is 14.4 Å². The molecule has 2 aromatic rings. The van der Waals surface area contributed by atoms with Gasteiger partial charge >= 0.3 is 5.97 Å². The number of aromatic nitrogens is 2. The van der Waals surface area contributed by atoms with E-state index in [-0.39, 0.29) is 23.4 Å². The molecule has 0 amide bonds. The summed E-state index contributed by atoms with van der Waals surface area (Å²) in [5.41, 5.74) is 0.611. The van der Waals surface area contributed by atoms with Crippen molar-refractivity contribution < 1.29 is 14.3 Å². The molecule has 2 aromatic heterocycles. The number of carboxylic acids is 1. The van der Waals surface area contributed by atoms with Gasteiger partial charge in [0.05, 0.1) is 6.54 Å². The van der Waals surface area contributed by atoms with E-state index in [1.807, 2.05) is 0 Å². The van der Waals surface area contributed by atoms with Crippen molar-refractivity contribution in [3.63, 3.8) is 0 Å². The highest BCUT2D eigenvalue weighted by Gasteiger charge is 2.15. The largest absolute Gasteiger partial charge is 0.475 e. The van der Waals surface area contributed by atoms with Gasteiger partial charge < -0.3 is 9.52 Å². The number of carbonyl (C=O) groups is 1. The third-order valence-corrected chi connectivity index (χ3v) is 3.27. The highest BCUT2D eigenvalue weighted by atomic mass is 16.4. The first kappa shape index (κ1) is 13.9. The molecule has 0 fully saturated rings. The van der Waals surface area contributed by atoms with Crippen molar-refractivity contribution in [1.29, 1.82) is 0 Å². The van der Waals surface area contributed by atoms with Gasteiger partial charge in [-0.2, -0.15) is 0 Å². The predicted molar refractivity (Wildman–Crippen MR) is 70.3 cm³/mol. The number of aryl methyl sites for hydroxylation is 1. The summed E-state index contributed by atoms with van der Waals surface area (Å²) in [4.78, 5) is 34.5. The molecule has 2 rings (SSSR count). The smallest absolute Gasteiger partial charge is 0.371 e. The van der Waals surface area contributed by atoms with Crippen LogP contribution in [0.5, 0.6) is 0 Å². The van der Waals surface area contributed by atoms with E-state index in [1.54, 1.807) is 20.8 Å². The standard InChI is InChI=1S/C13H14N2O5/c1-6-7(2)12(17)15(14-11(6)16)5-9-4-10(13(18)19)20-8(9)3/h4H,5H2,1-3H3,(H,14,16)(H,18,19). The van der Waals surface area contributed by atoms with Gasteiger partial charge in [-0.1, -0.05) is 0 Å². The molecule has 20 heavy (non-hydrogen) atoms. The molecule has 0 aliphatic heterocycles. The van der Waals surface area contributed by atoms with Gasteiger partial charge in [-0.3, -0.25) is 14.7 Å². The van der Waals surface area contributed by atoms with E-state index in [4.69, 9.17) is 9.52 Å². The van der Waals surface area contributed by atoms with E-state index in [2.05, 4.69) is 5.10 Å². The fourth-order valence-corrected chi connectivity index (χ4v) is 1.85. The summed E-state index contributed by atoms with van der Waals surface area (Å²) in [6, 6.07) is 1.34. The topological polar surface area (TPSA) is 105 Å². The van der Waals surface area contributed by atoms with Gasteiger partial charge in [0.15, 0.2) is 0 Å². The maximum atomic E-state index is 12.0. The van der Waals surface area contributed by atoms with Crippen molar-refractivity contribution in [1.82, 2.24) is 9.78 Å². The van der Waals surface area contributed by atoms with E-state index in [0.29, 0.717) is 22.5 Å². The number of furan rings is 1. The number of rotatable bonds is 3. The van der Waals surface area contributed by atoms with Crippen LogP contribution in [0.1, 0.15) is 33.0 Å². The fraction of sp³-hybridized carbons (Fsp3) is 0.308. The highest BCUT2D eigenvalue weighted by molar-refractivity contribution is 5.84. The molecule has 0 atom stereocenters. The molecule has 0 saturated heterocycles. The first-order valence-corrected chi connectivity index (χ1v) is 5.94. The summed E-state index contributed by atoms with van der Waals surface area (Å²) in [5.74, 6) is -0.981. The molecule has 7 nitrogen and oxygen atoms in total. The Hall–Kier alpha value is -2.57. The minimum Gasteiger partial charge on any atom is -0.475 e. The zero-order valence-electron chi connectivity index (χ0n) is 11.3. The molecule has 0 saturated carbocycles. The summed E-state index contributed by atoms with van der Waals surface area (Å²) in [5, 5.41) is 11.3. The third kappa shape index (κ3) is 2.29. The average Bonchev–Trinajstić information content (AvgIpc) is 2.75. The van der Waals surface area contributed by atoms with Crippen molar-refractivity contribution in [2.45, 2.75) is 27.3 Å². The number of nitrogens with zero attached hydrogens (tertiary/aromatic N) is 1. The van der Waals surface area contributed by atoms with Gasteiger partial charge in [0.1, 0.15) is 5.76 Å². The van der Waals surface area contributed by atoms with Crippen molar-refractivity contribution in [3.05, 3.63) is 55.0 Å². The Morgan fingerprint density at radius 3 is 2.50 bits per heavy atom. The number of hydrogen-bond donors (Lipinski definition) is 2. The molecule has 0 radical (unpaired) electrons. The van der Waals surface area contributed by atoms with Gasteiger partial charge in [0.2, 0.25) is 5.76 Å². The van der Waals surface area contributed by atoms with Crippen molar-refractivity contribution in [2.75, 3.05) is 0 Å². The van der Waals surface area contributed by atoms with Crippen LogP contribution in [0.3, 0.4) is 0 Å². The Bertz CT molecular complexity index is 794.